The van der Waals surface area contributed by atoms with Crippen LogP contribution < -0.4 is 15.4 Å². The summed E-state index contributed by atoms with van der Waals surface area (Å²) in [6.45, 7) is 0.454. The molecule has 8 nitrogen and oxygen atoms in total. The number of urea groups is 1. The van der Waals surface area contributed by atoms with Gasteiger partial charge in [-0.1, -0.05) is 12.1 Å². The number of aliphatic hydroxyl groups excluding tert-OH is 1. The van der Waals surface area contributed by atoms with Gasteiger partial charge in [0.15, 0.2) is 0 Å². The van der Waals surface area contributed by atoms with Crippen molar-refractivity contribution in [2.75, 3.05) is 44.3 Å². The molecule has 1 atom stereocenters. The van der Waals surface area contributed by atoms with Crippen molar-refractivity contribution < 1.29 is 19.4 Å². The first-order valence-corrected chi connectivity index (χ1v) is 12.9. The van der Waals surface area contributed by atoms with E-state index in [1.54, 1.807) is 43.5 Å². The lowest BCUT2D eigenvalue weighted by Crippen LogP contribution is -2.57. The number of hydrogen-bond acceptors (Lipinski definition) is 5. The van der Waals surface area contributed by atoms with Gasteiger partial charge in [-0.3, -0.25) is 4.79 Å². The third-order valence-electron chi connectivity index (χ3n) is 5.16. The largest absolute Gasteiger partial charge is 0.497 e. The van der Waals surface area contributed by atoms with Crippen LogP contribution in [0.5, 0.6) is 5.75 Å². The van der Waals surface area contributed by atoms with Gasteiger partial charge in [0, 0.05) is 10.6 Å². The third kappa shape index (κ3) is 5.33. The van der Waals surface area contributed by atoms with Gasteiger partial charge in [-0.25, -0.2) is 14.8 Å². The summed E-state index contributed by atoms with van der Waals surface area (Å²) in [5, 5.41) is 24.6. The average Bonchev–Trinajstić information content (AvgIpc) is 2.74. The molecule has 1 fully saturated rings. The van der Waals surface area contributed by atoms with Gasteiger partial charge in [0.05, 0.1) is 31.9 Å². The zero-order valence-electron chi connectivity index (χ0n) is 18.6. The van der Waals surface area contributed by atoms with E-state index < -0.39 is 34.1 Å². The molecule has 0 aromatic heterocycles. The van der Waals surface area contributed by atoms with E-state index in [4.69, 9.17) is 4.74 Å². The second kappa shape index (κ2) is 9.51. The normalized spacial score (nSPS) is 15.2. The van der Waals surface area contributed by atoms with E-state index in [1.807, 2.05) is 6.07 Å². The summed E-state index contributed by atoms with van der Waals surface area (Å²) in [4.78, 5) is 28.1. The van der Waals surface area contributed by atoms with Gasteiger partial charge in [-0.2, -0.15) is 5.26 Å². The second-order valence-corrected chi connectivity index (χ2v) is 12.5. The minimum atomic E-state index is -1.11. The number of amides is 3. The lowest BCUT2D eigenvalue weighted by molar-refractivity contribution is -0.118. The summed E-state index contributed by atoms with van der Waals surface area (Å²) >= 11 is 0. The van der Waals surface area contributed by atoms with Crippen LogP contribution in [0.2, 0.25) is 0 Å². The van der Waals surface area contributed by atoms with Crippen molar-refractivity contribution in [3.05, 3.63) is 53.6 Å². The molecule has 170 valence electrons. The van der Waals surface area contributed by atoms with Gasteiger partial charge in [0.2, 0.25) is 0 Å². The Morgan fingerprint density at radius 1 is 1.19 bits per heavy atom. The maximum atomic E-state index is 13.2. The highest BCUT2D eigenvalue weighted by Gasteiger charge is 2.32. The van der Waals surface area contributed by atoms with Crippen LogP contribution >= 0.6 is 10.0 Å². The van der Waals surface area contributed by atoms with E-state index in [9.17, 15) is 20.0 Å². The number of β-amino-alcohol motifs (C(OH)–C–C–N with tert-alkyl or cyclic N) is 1. The number of nitrogens with one attached hydrogen (secondary N) is 2. The highest BCUT2D eigenvalue weighted by Crippen LogP contribution is 2.47. The van der Waals surface area contributed by atoms with Crippen LogP contribution in [-0.2, 0) is 4.79 Å². The number of hydrogen-bond donors (Lipinski definition) is 3. The zero-order valence-corrected chi connectivity index (χ0v) is 19.4. The molecule has 3 N–H and O–H groups in total. The minimum absolute atomic E-state index is 0.227. The number of carbonyl (C=O) groups is 2. The molecule has 3 amide bonds. The molecule has 2 aromatic carbocycles. The van der Waals surface area contributed by atoms with Gasteiger partial charge in [-0.05, 0) is 54.7 Å². The second-order valence-electron chi connectivity index (χ2n) is 8.36. The van der Waals surface area contributed by atoms with E-state index in [0.717, 1.165) is 4.90 Å². The van der Waals surface area contributed by atoms with Gasteiger partial charge < -0.3 is 25.4 Å². The number of benzene rings is 2. The molecule has 3 rings (SSSR count). The van der Waals surface area contributed by atoms with Crippen LogP contribution in [0.1, 0.15) is 17.2 Å². The first-order chi connectivity index (χ1) is 15.1. The molecule has 0 saturated carbocycles. The molecule has 1 aliphatic heterocycles. The predicted octanol–water partition coefficient (Wildman–Crippen LogP) is 2.69. The summed E-state index contributed by atoms with van der Waals surface area (Å²) in [7, 11) is 0.434. The summed E-state index contributed by atoms with van der Waals surface area (Å²) in [6, 6.07) is 12.9. The first kappa shape index (κ1) is 23.4. The number of carbonyl (C=O) groups excluding carboxylic acids is 2. The molecular weight excluding hydrogens is 428 g/mol. The number of nitrogens with zero attached hydrogens (tertiary/aromatic N) is 2. The number of likely N-dealkylation sites (tertiary alicyclic amines) is 1. The fraction of sp³-hybridized carbons (Fsp3) is 0.348. The molecule has 9 heteroatoms. The molecule has 32 heavy (non-hydrogen) atoms. The van der Waals surface area contributed by atoms with Crippen molar-refractivity contribution in [3.8, 4) is 11.8 Å². The smallest absolute Gasteiger partial charge is 0.318 e. The number of ether oxygens (including phenoxy) is 1. The maximum absolute atomic E-state index is 13.2. The summed E-state index contributed by atoms with van der Waals surface area (Å²) in [5.74, 6) is 0.188. The van der Waals surface area contributed by atoms with E-state index in [0.29, 0.717) is 22.6 Å². The standard InChI is InChI=1S/C23H28N4O4S/c1-31-19-8-5-15(6-9-19)21(26-23(30)27-13-18(28)14-27)22(29)25-17-7-10-20(32(2,3)4)16(11-17)12-24/h5-11,18,21,28H,13-14H2,1-4H3,(H,25,29)(H,26,30). The van der Waals surface area contributed by atoms with Crippen molar-refractivity contribution in [2.24, 2.45) is 0 Å². The zero-order chi connectivity index (χ0) is 23.5. The quantitative estimate of drug-likeness (QED) is 0.618. The molecule has 2 aromatic rings. The Kier molecular flexibility index (Phi) is 6.96. The Balaban J connectivity index is 1.84. The van der Waals surface area contributed by atoms with E-state index >= 15 is 0 Å². The average molecular weight is 457 g/mol. The predicted molar refractivity (Wildman–Crippen MR) is 125 cm³/mol. The van der Waals surface area contributed by atoms with Crippen LogP contribution in [0.4, 0.5) is 10.5 Å². The van der Waals surface area contributed by atoms with Crippen LogP contribution in [0.25, 0.3) is 0 Å². The fourth-order valence-electron chi connectivity index (χ4n) is 3.38. The van der Waals surface area contributed by atoms with Crippen molar-refractivity contribution in [3.63, 3.8) is 0 Å². The third-order valence-corrected chi connectivity index (χ3v) is 6.83. The van der Waals surface area contributed by atoms with Crippen LogP contribution in [-0.4, -0.2) is 67.0 Å². The van der Waals surface area contributed by atoms with Crippen LogP contribution in [0, 0.1) is 11.3 Å². The molecule has 0 spiro atoms. The van der Waals surface area contributed by atoms with Crippen LogP contribution in [0.15, 0.2) is 47.4 Å². The van der Waals surface area contributed by atoms with E-state index in [1.165, 1.54) is 4.90 Å². The lowest BCUT2D eigenvalue weighted by atomic mass is 10.1. The molecular formula is C23H28N4O4S. The minimum Gasteiger partial charge on any atom is -0.497 e. The summed E-state index contributed by atoms with van der Waals surface area (Å²) in [6.07, 6.45) is 5.76. The topological polar surface area (TPSA) is 115 Å². The van der Waals surface area contributed by atoms with Gasteiger partial charge >= 0.3 is 6.03 Å². The molecule has 1 aliphatic rings. The first-order valence-electron chi connectivity index (χ1n) is 10.0. The number of aliphatic hydroxyl groups is 1. The molecule has 0 bridgehead atoms. The van der Waals surface area contributed by atoms with Crippen molar-refractivity contribution in [2.45, 2.75) is 17.0 Å². The van der Waals surface area contributed by atoms with Gasteiger partial charge in [0.1, 0.15) is 17.9 Å². The number of nitriles is 1. The lowest BCUT2D eigenvalue weighted by Gasteiger charge is -2.36. The van der Waals surface area contributed by atoms with Crippen LogP contribution in [0.3, 0.4) is 0 Å². The highest BCUT2D eigenvalue weighted by atomic mass is 32.3. The number of anilines is 1. The summed E-state index contributed by atoms with van der Waals surface area (Å²) < 4.78 is 5.17. The number of methoxy groups -OCH3 is 1. The summed E-state index contributed by atoms with van der Waals surface area (Å²) in [5.41, 5.74) is 1.57. The molecule has 0 radical (unpaired) electrons. The Bertz CT molecular complexity index is 1040. The fourth-order valence-corrected chi connectivity index (χ4v) is 4.62. The van der Waals surface area contributed by atoms with Gasteiger partial charge in [-0.15, -0.1) is 0 Å². The highest BCUT2D eigenvalue weighted by molar-refractivity contribution is 8.32. The van der Waals surface area contributed by atoms with E-state index in [2.05, 4.69) is 35.5 Å². The Labute approximate surface area is 189 Å². The Morgan fingerprint density at radius 3 is 2.38 bits per heavy atom. The monoisotopic (exact) mass is 456 g/mol. The van der Waals surface area contributed by atoms with Crippen molar-refractivity contribution in [1.29, 1.82) is 5.26 Å². The van der Waals surface area contributed by atoms with E-state index in [-0.39, 0.29) is 13.1 Å². The Hall–Kier alpha value is -3.22. The molecule has 1 saturated heterocycles. The molecule has 1 heterocycles. The van der Waals surface area contributed by atoms with Gasteiger partial charge in [0.25, 0.3) is 5.91 Å². The van der Waals surface area contributed by atoms with Crippen molar-refractivity contribution >= 4 is 27.7 Å². The SMILES string of the molecule is COc1ccc(C(NC(=O)N2CC(O)C2)C(=O)Nc2ccc(S(C)(C)C)c(C#N)c2)cc1. The number of rotatable bonds is 6. The van der Waals surface area contributed by atoms with Crippen molar-refractivity contribution in [1.82, 2.24) is 10.2 Å². The Morgan fingerprint density at radius 2 is 1.84 bits per heavy atom. The maximum Gasteiger partial charge on any atom is 0.318 e. The molecule has 1 unspecified atom stereocenters. The molecule has 0 aliphatic carbocycles.